The molecular weight excluding hydrogens is 192 g/mol. The van der Waals surface area contributed by atoms with Crippen LogP contribution in [-0.4, -0.2) is 48.0 Å². The molecule has 0 radical (unpaired) electrons. The third-order valence-corrected chi connectivity index (χ3v) is 2.03. The van der Waals surface area contributed by atoms with Gasteiger partial charge in [0.25, 0.3) is 0 Å². The molecule has 1 atom stereocenters. The van der Waals surface area contributed by atoms with Gasteiger partial charge in [0.05, 0.1) is 32.0 Å². The second kappa shape index (κ2) is 8.77. The Morgan fingerprint density at radius 1 is 1.31 bits per heavy atom. The highest BCUT2D eigenvalue weighted by Crippen LogP contribution is 2.04. The number of aliphatic hydroxyl groups excluding tert-OH is 2. The molecule has 0 saturated carbocycles. The van der Waals surface area contributed by atoms with Crippen LogP contribution in [0.1, 0.15) is 13.8 Å². The molecule has 0 amide bonds. The summed E-state index contributed by atoms with van der Waals surface area (Å²) in [5, 5.41) is 17.4. The standard InChI is InChI=1S/C8H18O4S/c1-7(2)11-3-4-12-13-6-8(10)5-9/h7-10H,3-6H2,1-2H3. The molecule has 13 heavy (non-hydrogen) atoms. The van der Waals surface area contributed by atoms with Gasteiger partial charge in [0.2, 0.25) is 0 Å². The van der Waals surface area contributed by atoms with Gasteiger partial charge in [-0.05, 0) is 25.9 Å². The monoisotopic (exact) mass is 210 g/mol. The molecular formula is C8H18O4S. The summed E-state index contributed by atoms with van der Waals surface area (Å²) in [6.45, 7) is 4.76. The van der Waals surface area contributed by atoms with E-state index in [1.54, 1.807) is 0 Å². The van der Waals surface area contributed by atoms with Crippen LogP contribution in [0.25, 0.3) is 0 Å². The van der Waals surface area contributed by atoms with Crippen molar-refractivity contribution in [1.29, 1.82) is 0 Å². The summed E-state index contributed by atoms with van der Waals surface area (Å²) < 4.78 is 10.3. The maximum Gasteiger partial charge on any atom is 0.0883 e. The molecule has 0 rings (SSSR count). The predicted octanol–water partition coefficient (Wildman–Crippen LogP) is 0.429. The van der Waals surface area contributed by atoms with E-state index in [1.165, 1.54) is 0 Å². The lowest BCUT2D eigenvalue weighted by Crippen LogP contribution is -2.15. The highest BCUT2D eigenvalue weighted by molar-refractivity contribution is 7.94. The summed E-state index contributed by atoms with van der Waals surface area (Å²) in [4.78, 5) is 0. The first-order valence-electron chi connectivity index (χ1n) is 4.31. The minimum atomic E-state index is -0.698. The number of ether oxygens (including phenoxy) is 1. The number of hydrogen-bond donors (Lipinski definition) is 2. The molecule has 0 saturated heterocycles. The zero-order valence-electron chi connectivity index (χ0n) is 8.10. The molecule has 0 aromatic heterocycles. The fourth-order valence-electron chi connectivity index (χ4n) is 0.556. The lowest BCUT2D eigenvalue weighted by atomic mass is 10.4. The molecule has 0 spiro atoms. The molecule has 0 aliphatic carbocycles. The second-order valence-electron chi connectivity index (χ2n) is 2.86. The second-order valence-corrected chi connectivity index (χ2v) is 3.67. The first kappa shape index (κ1) is 13.2. The Balaban J connectivity index is 2.99. The molecule has 0 aliphatic rings. The minimum Gasteiger partial charge on any atom is -0.394 e. The van der Waals surface area contributed by atoms with Crippen LogP contribution in [0.5, 0.6) is 0 Å². The van der Waals surface area contributed by atoms with Crippen molar-refractivity contribution in [2.24, 2.45) is 0 Å². The van der Waals surface area contributed by atoms with E-state index >= 15 is 0 Å². The molecule has 0 heterocycles. The Morgan fingerprint density at radius 3 is 2.54 bits per heavy atom. The van der Waals surface area contributed by atoms with Crippen LogP contribution in [0.3, 0.4) is 0 Å². The normalized spacial score (nSPS) is 13.6. The van der Waals surface area contributed by atoms with Crippen molar-refractivity contribution < 1.29 is 19.1 Å². The third kappa shape index (κ3) is 10.1. The van der Waals surface area contributed by atoms with Crippen molar-refractivity contribution in [2.45, 2.75) is 26.1 Å². The van der Waals surface area contributed by atoms with Crippen molar-refractivity contribution in [3.8, 4) is 0 Å². The van der Waals surface area contributed by atoms with Crippen molar-refractivity contribution in [3.05, 3.63) is 0 Å². The average Bonchev–Trinajstić information content (AvgIpc) is 2.10. The molecule has 2 N–H and O–H groups in total. The van der Waals surface area contributed by atoms with Gasteiger partial charge in [-0.25, -0.2) is 0 Å². The lowest BCUT2D eigenvalue weighted by Gasteiger charge is -2.08. The van der Waals surface area contributed by atoms with Gasteiger partial charge >= 0.3 is 0 Å². The van der Waals surface area contributed by atoms with Crippen LogP contribution in [0.4, 0.5) is 0 Å². The van der Waals surface area contributed by atoms with Gasteiger partial charge in [-0.2, -0.15) is 0 Å². The Morgan fingerprint density at radius 2 is 2.00 bits per heavy atom. The zero-order valence-corrected chi connectivity index (χ0v) is 8.92. The van der Waals surface area contributed by atoms with Gasteiger partial charge in [-0.1, -0.05) is 0 Å². The lowest BCUT2D eigenvalue weighted by molar-refractivity contribution is 0.0590. The van der Waals surface area contributed by atoms with Gasteiger partial charge < -0.3 is 19.1 Å². The van der Waals surface area contributed by atoms with E-state index < -0.39 is 6.10 Å². The van der Waals surface area contributed by atoms with Gasteiger partial charge in [0, 0.05) is 5.75 Å². The molecule has 80 valence electrons. The van der Waals surface area contributed by atoms with Crippen LogP contribution in [0, 0.1) is 0 Å². The Labute approximate surface area is 83.4 Å². The summed E-state index contributed by atoms with van der Waals surface area (Å²) in [6.07, 6.45) is -0.479. The van der Waals surface area contributed by atoms with Crippen molar-refractivity contribution >= 4 is 12.0 Å². The Kier molecular flexibility index (Phi) is 8.90. The van der Waals surface area contributed by atoms with E-state index in [0.717, 1.165) is 12.0 Å². The van der Waals surface area contributed by atoms with Gasteiger partial charge in [-0.15, -0.1) is 0 Å². The molecule has 1 unspecified atom stereocenters. The number of rotatable bonds is 8. The van der Waals surface area contributed by atoms with Gasteiger partial charge in [0.15, 0.2) is 0 Å². The van der Waals surface area contributed by atoms with E-state index in [0.29, 0.717) is 19.0 Å². The van der Waals surface area contributed by atoms with Crippen LogP contribution in [-0.2, 0) is 8.92 Å². The summed E-state index contributed by atoms with van der Waals surface area (Å²) in [6, 6.07) is 0. The van der Waals surface area contributed by atoms with E-state index in [2.05, 4.69) is 0 Å². The molecule has 4 nitrogen and oxygen atoms in total. The predicted molar refractivity (Wildman–Crippen MR) is 52.6 cm³/mol. The first-order valence-corrected chi connectivity index (χ1v) is 5.22. The fourth-order valence-corrected chi connectivity index (χ4v) is 1.10. The molecule has 0 fully saturated rings. The number of aliphatic hydroxyl groups is 2. The van der Waals surface area contributed by atoms with E-state index in [4.69, 9.17) is 19.1 Å². The van der Waals surface area contributed by atoms with Crippen LogP contribution < -0.4 is 0 Å². The number of hydrogen-bond acceptors (Lipinski definition) is 5. The zero-order chi connectivity index (χ0) is 10.1. The minimum absolute atomic E-state index is 0.219. The highest BCUT2D eigenvalue weighted by atomic mass is 32.2. The van der Waals surface area contributed by atoms with Crippen LogP contribution in [0.2, 0.25) is 0 Å². The molecule has 5 heteroatoms. The highest BCUT2D eigenvalue weighted by Gasteiger charge is 2.01. The largest absolute Gasteiger partial charge is 0.394 e. The first-order chi connectivity index (χ1) is 6.16. The molecule has 0 aromatic carbocycles. The van der Waals surface area contributed by atoms with E-state index in [9.17, 15) is 0 Å². The summed E-state index contributed by atoms with van der Waals surface area (Å²) in [5.41, 5.74) is 0. The average molecular weight is 210 g/mol. The van der Waals surface area contributed by atoms with Crippen molar-refractivity contribution in [2.75, 3.05) is 25.6 Å². The summed E-state index contributed by atoms with van der Waals surface area (Å²) >= 11 is 1.15. The molecule has 0 aromatic rings. The maximum atomic E-state index is 8.92. The third-order valence-electron chi connectivity index (χ3n) is 1.17. The van der Waals surface area contributed by atoms with E-state index in [1.807, 2.05) is 13.8 Å². The van der Waals surface area contributed by atoms with Crippen molar-refractivity contribution in [3.63, 3.8) is 0 Å². The summed E-state index contributed by atoms with van der Waals surface area (Å²) in [5.74, 6) is 0.387. The quantitative estimate of drug-likeness (QED) is 0.449. The van der Waals surface area contributed by atoms with Crippen LogP contribution in [0.15, 0.2) is 0 Å². The molecule has 0 aliphatic heterocycles. The van der Waals surface area contributed by atoms with Crippen molar-refractivity contribution in [1.82, 2.24) is 0 Å². The Hall–Kier alpha value is 0.190. The topological polar surface area (TPSA) is 58.9 Å². The summed E-state index contributed by atoms with van der Waals surface area (Å²) in [7, 11) is 0. The van der Waals surface area contributed by atoms with Gasteiger partial charge in [0.1, 0.15) is 0 Å². The Bertz CT molecular complexity index is 110. The van der Waals surface area contributed by atoms with E-state index in [-0.39, 0.29) is 12.7 Å². The van der Waals surface area contributed by atoms with Gasteiger partial charge in [-0.3, -0.25) is 0 Å². The maximum absolute atomic E-state index is 8.92. The smallest absolute Gasteiger partial charge is 0.0883 e. The molecule has 0 bridgehead atoms. The van der Waals surface area contributed by atoms with Crippen LogP contribution >= 0.6 is 12.0 Å². The fraction of sp³-hybridized carbons (Fsp3) is 1.00. The SMILES string of the molecule is CC(C)OCCOSCC(O)CO.